The van der Waals surface area contributed by atoms with Crippen molar-refractivity contribution in [1.29, 1.82) is 0 Å². The molecule has 4 atom stereocenters. The number of phenolic OH excluding ortho intramolecular Hbond substituents is 1. The van der Waals surface area contributed by atoms with Gasteiger partial charge < -0.3 is 29.7 Å². The van der Waals surface area contributed by atoms with E-state index < -0.39 is 18.5 Å². The van der Waals surface area contributed by atoms with Crippen molar-refractivity contribution in [3.05, 3.63) is 23.3 Å². The molecular weight excluding hydrogens is 358 g/mol. The van der Waals surface area contributed by atoms with Gasteiger partial charge in [-0.1, -0.05) is 19.9 Å². The first-order valence-electron chi connectivity index (χ1n) is 10.7. The fourth-order valence-electron chi connectivity index (χ4n) is 4.56. The van der Waals surface area contributed by atoms with Crippen LogP contribution < -0.4 is 4.74 Å². The lowest BCUT2D eigenvalue weighted by atomic mass is 9.86. The van der Waals surface area contributed by atoms with Gasteiger partial charge in [0.1, 0.15) is 0 Å². The van der Waals surface area contributed by atoms with E-state index in [4.69, 9.17) is 9.47 Å². The van der Waals surface area contributed by atoms with Crippen LogP contribution in [0.5, 0.6) is 11.5 Å². The molecule has 0 spiro atoms. The smallest absolute Gasteiger partial charge is 0.202 e. The largest absolute Gasteiger partial charge is 0.504 e. The molecule has 3 N–H and O–H groups in total. The Balaban J connectivity index is 1.76. The zero-order valence-corrected chi connectivity index (χ0v) is 17.1. The zero-order chi connectivity index (χ0) is 20.1. The van der Waals surface area contributed by atoms with Crippen LogP contribution in [0.3, 0.4) is 0 Å². The zero-order valence-electron chi connectivity index (χ0n) is 17.1. The van der Waals surface area contributed by atoms with E-state index in [1.807, 2.05) is 6.07 Å². The molecule has 6 nitrogen and oxygen atoms in total. The molecule has 28 heavy (non-hydrogen) atoms. The highest BCUT2D eigenvalue weighted by molar-refractivity contribution is 5.51. The number of ether oxygens (including phenoxy) is 2. The number of fused-ring (bicyclic) bond motifs is 1. The summed E-state index contributed by atoms with van der Waals surface area (Å²) in [5.41, 5.74) is 2.27. The van der Waals surface area contributed by atoms with E-state index in [1.54, 1.807) is 6.07 Å². The lowest BCUT2D eigenvalue weighted by Crippen LogP contribution is -2.41. The third kappa shape index (κ3) is 4.98. The van der Waals surface area contributed by atoms with Crippen molar-refractivity contribution in [2.75, 3.05) is 19.7 Å². The van der Waals surface area contributed by atoms with Gasteiger partial charge in [-0.3, -0.25) is 0 Å². The number of aliphatic hydroxyl groups is 2. The van der Waals surface area contributed by atoms with Crippen molar-refractivity contribution in [2.45, 2.75) is 83.3 Å². The number of nitrogens with zero attached hydrogens (tertiary/aromatic N) is 1. The molecule has 1 saturated heterocycles. The number of hydrogen-bond acceptors (Lipinski definition) is 6. The van der Waals surface area contributed by atoms with Gasteiger partial charge in [0.05, 0.1) is 18.8 Å². The Labute approximate surface area is 168 Å². The van der Waals surface area contributed by atoms with Gasteiger partial charge in [0.15, 0.2) is 11.5 Å². The lowest BCUT2D eigenvalue weighted by molar-refractivity contribution is -0.185. The molecule has 1 aromatic carbocycles. The SMILES string of the molecule is CCCN(CCC)C1CCc2c(ccc(O)c2OC2CC(O)CC(CO)O2)C1. The van der Waals surface area contributed by atoms with Crippen molar-refractivity contribution >= 4 is 0 Å². The van der Waals surface area contributed by atoms with Gasteiger partial charge in [-0.2, -0.15) is 0 Å². The second-order valence-corrected chi connectivity index (χ2v) is 8.10. The Morgan fingerprint density at radius 1 is 1.18 bits per heavy atom. The molecule has 2 aliphatic rings. The first kappa shape index (κ1) is 21.4. The maximum atomic E-state index is 10.4. The monoisotopic (exact) mass is 393 g/mol. The van der Waals surface area contributed by atoms with Crippen LogP contribution in [0.2, 0.25) is 0 Å². The van der Waals surface area contributed by atoms with E-state index in [0.29, 0.717) is 24.6 Å². The van der Waals surface area contributed by atoms with Crippen LogP contribution in [0.4, 0.5) is 0 Å². The summed E-state index contributed by atoms with van der Waals surface area (Å²) in [6.07, 6.45) is 4.24. The maximum absolute atomic E-state index is 10.4. The second kappa shape index (κ2) is 9.92. The second-order valence-electron chi connectivity index (χ2n) is 8.10. The molecule has 0 saturated carbocycles. The number of aromatic hydroxyl groups is 1. The minimum atomic E-state index is -0.660. The van der Waals surface area contributed by atoms with Crippen LogP contribution in [-0.2, 0) is 17.6 Å². The molecule has 0 aromatic heterocycles. The van der Waals surface area contributed by atoms with Gasteiger partial charge >= 0.3 is 0 Å². The Bertz CT molecular complexity index is 632. The Kier molecular flexibility index (Phi) is 7.57. The first-order valence-corrected chi connectivity index (χ1v) is 10.7. The van der Waals surface area contributed by atoms with Crippen LogP contribution in [0.1, 0.15) is 57.1 Å². The molecule has 1 fully saturated rings. The molecule has 1 aliphatic carbocycles. The number of phenols is 1. The summed E-state index contributed by atoms with van der Waals surface area (Å²) in [4.78, 5) is 2.59. The summed E-state index contributed by atoms with van der Waals surface area (Å²) in [7, 11) is 0. The minimum absolute atomic E-state index is 0.111. The van der Waals surface area contributed by atoms with E-state index in [1.165, 1.54) is 5.56 Å². The third-order valence-electron chi connectivity index (χ3n) is 5.85. The number of hydrogen-bond donors (Lipinski definition) is 3. The van der Waals surface area contributed by atoms with Crippen LogP contribution in [-0.4, -0.2) is 64.5 Å². The van der Waals surface area contributed by atoms with E-state index in [2.05, 4.69) is 18.7 Å². The lowest BCUT2D eigenvalue weighted by Gasteiger charge is -2.36. The third-order valence-corrected chi connectivity index (χ3v) is 5.85. The normalized spacial score (nSPS) is 27.6. The minimum Gasteiger partial charge on any atom is -0.504 e. The van der Waals surface area contributed by atoms with Gasteiger partial charge in [-0.05, 0) is 56.8 Å². The average Bonchev–Trinajstić information content (AvgIpc) is 2.69. The highest BCUT2D eigenvalue weighted by Crippen LogP contribution is 2.39. The molecule has 158 valence electrons. The quantitative estimate of drug-likeness (QED) is 0.630. The summed E-state index contributed by atoms with van der Waals surface area (Å²) < 4.78 is 11.7. The molecular formula is C22H35NO5. The molecule has 1 aliphatic heterocycles. The van der Waals surface area contributed by atoms with Crippen molar-refractivity contribution < 1.29 is 24.8 Å². The summed E-state index contributed by atoms with van der Waals surface area (Å²) in [6, 6.07) is 4.23. The van der Waals surface area contributed by atoms with E-state index in [9.17, 15) is 15.3 Å². The van der Waals surface area contributed by atoms with E-state index >= 15 is 0 Å². The number of rotatable bonds is 8. The van der Waals surface area contributed by atoms with Gasteiger partial charge in [-0.25, -0.2) is 0 Å². The highest BCUT2D eigenvalue weighted by Gasteiger charge is 2.32. The predicted molar refractivity (Wildman–Crippen MR) is 108 cm³/mol. The van der Waals surface area contributed by atoms with Crippen molar-refractivity contribution in [3.8, 4) is 11.5 Å². The maximum Gasteiger partial charge on any atom is 0.202 e. The highest BCUT2D eigenvalue weighted by atomic mass is 16.7. The molecule has 0 amide bonds. The topological polar surface area (TPSA) is 82.4 Å². The van der Waals surface area contributed by atoms with Crippen LogP contribution in [0.15, 0.2) is 12.1 Å². The fourth-order valence-corrected chi connectivity index (χ4v) is 4.56. The molecule has 0 bridgehead atoms. The van der Waals surface area contributed by atoms with Gasteiger partial charge in [0, 0.05) is 24.4 Å². The number of benzene rings is 1. The summed E-state index contributed by atoms with van der Waals surface area (Å²) in [5, 5.41) is 29.8. The molecule has 1 heterocycles. The van der Waals surface area contributed by atoms with Gasteiger partial charge in [0.2, 0.25) is 6.29 Å². The fraction of sp³-hybridized carbons (Fsp3) is 0.727. The van der Waals surface area contributed by atoms with Crippen molar-refractivity contribution in [2.24, 2.45) is 0 Å². The number of aliphatic hydroxyl groups excluding tert-OH is 2. The van der Waals surface area contributed by atoms with Gasteiger partial charge in [0.25, 0.3) is 0 Å². The van der Waals surface area contributed by atoms with E-state index in [-0.39, 0.29) is 12.4 Å². The Morgan fingerprint density at radius 2 is 1.93 bits per heavy atom. The predicted octanol–water partition coefficient (Wildman–Crippen LogP) is 2.61. The molecule has 4 unspecified atom stereocenters. The van der Waals surface area contributed by atoms with E-state index in [0.717, 1.165) is 50.8 Å². The average molecular weight is 394 g/mol. The van der Waals surface area contributed by atoms with Gasteiger partial charge in [-0.15, -0.1) is 0 Å². The molecule has 0 radical (unpaired) electrons. The Morgan fingerprint density at radius 3 is 2.61 bits per heavy atom. The van der Waals surface area contributed by atoms with Crippen LogP contribution >= 0.6 is 0 Å². The summed E-state index contributed by atoms with van der Waals surface area (Å²) >= 11 is 0. The van der Waals surface area contributed by atoms with Crippen LogP contribution in [0, 0.1) is 0 Å². The van der Waals surface area contributed by atoms with Crippen LogP contribution in [0.25, 0.3) is 0 Å². The first-order chi connectivity index (χ1) is 13.5. The summed E-state index contributed by atoms with van der Waals surface area (Å²) in [6.45, 7) is 6.53. The summed E-state index contributed by atoms with van der Waals surface area (Å²) in [5.74, 6) is 0.588. The van der Waals surface area contributed by atoms with Crippen molar-refractivity contribution in [1.82, 2.24) is 4.90 Å². The molecule has 1 aromatic rings. The van der Waals surface area contributed by atoms with Crippen molar-refractivity contribution in [3.63, 3.8) is 0 Å². The standard InChI is InChI=1S/C22H35NO5/c1-3-9-23(10-4-2)16-6-7-19-15(11-16)5-8-20(26)22(19)28-21-13-17(25)12-18(14-24)27-21/h5,8,16-18,21,24-26H,3-4,6-7,9-14H2,1-2H3. The Hall–Kier alpha value is -1.34. The molecule has 3 rings (SSSR count). The molecule has 6 heteroatoms.